The Labute approximate surface area is 183 Å². The largest absolute Gasteiger partial charge is 0.500 e. The number of hydrogen-bond donors (Lipinski definition) is 1. The number of ether oxygens (including phenoxy) is 1. The monoisotopic (exact) mass is 416 g/mol. The molecular weight excluding hydrogens is 386 g/mol. The van der Waals surface area contributed by atoms with Crippen molar-refractivity contribution < 1.29 is 9.31 Å². The number of rotatable bonds is 5. The van der Waals surface area contributed by atoms with Crippen molar-refractivity contribution in [3.8, 4) is 0 Å². The Morgan fingerprint density at radius 2 is 1.94 bits per heavy atom. The second kappa shape index (κ2) is 8.02. The Morgan fingerprint density at radius 3 is 2.68 bits per heavy atom. The number of nitrogens with zero attached hydrogens (tertiary/aromatic N) is 4. The van der Waals surface area contributed by atoms with Crippen molar-refractivity contribution in [1.82, 2.24) is 14.5 Å². The molecule has 0 aliphatic carbocycles. The topological polar surface area (TPSA) is 55.0 Å². The number of fused-ring (bicyclic) bond motifs is 1. The molecule has 0 fully saturated rings. The van der Waals surface area contributed by atoms with E-state index in [9.17, 15) is 0 Å². The summed E-state index contributed by atoms with van der Waals surface area (Å²) in [7, 11) is 5.85. The Balaban J connectivity index is 1.71. The molecule has 3 heterocycles. The maximum atomic E-state index is 5.71. The molecule has 1 aromatic carbocycles. The first kappa shape index (κ1) is 20.8. The molecule has 1 aliphatic heterocycles. The van der Waals surface area contributed by atoms with Gasteiger partial charge in [0, 0.05) is 30.9 Å². The minimum Gasteiger partial charge on any atom is -0.500 e. The van der Waals surface area contributed by atoms with Crippen LogP contribution < -0.4 is 5.32 Å². The Morgan fingerprint density at radius 1 is 1.16 bits per heavy atom. The average Bonchev–Trinajstić information content (AvgIpc) is 3.04. The van der Waals surface area contributed by atoms with Gasteiger partial charge in [0.1, 0.15) is 24.9 Å². The molecule has 3 aromatic rings. The van der Waals surface area contributed by atoms with Crippen molar-refractivity contribution in [2.24, 2.45) is 7.05 Å². The van der Waals surface area contributed by atoms with Gasteiger partial charge in [-0.05, 0) is 43.7 Å². The third kappa shape index (κ3) is 3.85. The van der Waals surface area contributed by atoms with E-state index in [0.29, 0.717) is 0 Å². The lowest BCUT2D eigenvalue weighted by Gasteiger charge is -2.19. The molecule has 31 heavy (non-hydrogen) atoms. The molecule has 1 N–H and O–H groups in total. The highest BCUT2D eigenvalue weighted by Crippen LogP contribution is 2.28. The molecule has 0 amide bonds. The molecule has 0 saturated heterocycles. The molecule has 0 radical (unpaired) electrons. The second-order valence-corrected chi connectivity index (χ2v) is 8.23. The highest BCUT2D eigenvalue weighted by molar-refractivity contribution is 6.20. The number of aromatic nitrogens is 3. The molecule has 6 nitrogen and oxygen atoms in total. The normalized spacial score (nSPS) is 14.4. The number of benzene rings is 1. The van der Waals surface area contributed by atoms with Crippen molar-refractivity contribution in [3.63, 3.8) is 0 Å². The molecule has 0 atom stereocenters. The quantitative estimate of drug-likeness (QED) is 0.621. The molecule has 4 rings (SSSR count). The zero-order valence-corrected chi connectivity index (χ0v) is 19.2. The molecule has 0 saturated carbocycles. The molecule has 0 spiro atoms. The number of hydrogen-bond acceptors (Lipinski definition) is 4. The van der Waals surface area contributed by atoms with Crippen LogP contribution in [-0.2, 0) is 11.8 Å². The zero-order chi connectivity index (χ0) is 22.3. The van der Waals surface area contributed by atoms with Crippen molar-refractivity contribution in [3.05, 3.63) is 65.2 Å². The number of pyridine rings is 1. The third-order valence-electron chi connectivity index (χ3n) is 5.99. The van der Waals surface area contributed by atoms with E-state index in [1.165, 1.54) is 5.56 Å². The minimum absolute atomic E-state index is 0.763. The van der Waals surface area contributed by atoms with Gasteiger partial charge in [-0.15, -0.1) is 0 Å². The van der Waals surface area contributed by atoms with Crippen LogP contribution in [0.3, 0.4) is 0 Å². The van der Waals surface area contributed by atoms with E-state index >= 15 is 0 Å². The summed E-state index contributed by atoms with van der Waals surface area (Å²) in [4.78, 5) is 9.55. The molecular formula is C25H30N5O+. The summed E-state index contributed by atoms with van der Waals surface area (Å²) >= 11 is 0. The van der Waals surface area contributed by atoms with Crippen LogP contribution in [0.25, 0.3) is 22.3 Å². The van der Waals surface area contributed by atoms with E-state index in [2.05, 4.69) is 60.1 Å². The van der Waals surface area contributed by atoms with Crippen molar-refractivity contribution in [1.29, 1.82) is 0 Å². The maximum Gasteiger partial charge on any atom is 0.208 e. The number of nitrogens with one attached hydrogen (secondary N) is 1. The third-order valence-corrected chi connectivity index (χ3v) is 5.99. The fourth-order valence-electron chi connectivity index (χ4n) is 4.08. The van der Waals surface area contributed by atoms with Gasteiger partial charge in [0.05, 0.1) is 30.3 Å². The van der Waals surface area contributed by atoms with E-state index < -0.39 is 0 Å². The molecule has 0 bridgehead atoms. The van der Waals surface area contributed by atoms with Crippen LogP contribution in [0.5, 0.6) is 0 Å². The first-order chi connectivity index (χ1) is 14.8. The highest BCUT2D eigenvalue weighted by Gasteiger charge is 2.26. The lowest BCUT2D eigenvalue weighted by Crippen LogP contribution is -2.25. The maximum absolute atomic E-state index is 5.71. The van der Waals surface area contributed by atoms with Crippen LogP contribution in [-0.4, -0.2) is 45.5 Å². The molecule has 0 unspecified atom stereocenters. The van der Waals surface area contributed by atoms with E-state index in [0.717, 1.165) is 69.6 Å². The smallest absolute Gasteiger partial charge is 0.208 e. The minimum atomic E-state index is 0.763. The van der Waals surface area contributed by atoms with Crippen LogP contribution in [0, 0.1) is 13.8 Å². The van der Waals surface area contributed by atoms with Crippen LogP contribution in [0.2, 0.25) is 0 Å². The van der Waals surface area contributed by atoms with Gasteiger partial charge >= 0.3 is 0 Å². The average molecular weight is 417 g/mol. The Kier molecular flexibility index (Phi) is 5.39. The summed E-state index contributed by atoms with van der Waals surface area (Å²) in [5, 5.41) is 3.40. The van der Waals surface area contributed by atoms with Gasteiger partial charge < -0.3 is 14.6 Å². The van der Waals surface area contributed by atoms with Gasteiger partial charge in [0.15, 0.2) is 5.71 Å². The van der Waals surface area contributed by atoms with Crippen molar-refractivity contribution in [2.45, 2.75) is 27.2 Å². The first-order valence-electron chi connectivity index (χ1n) is 10.5. The second-order valence-electron chi connectivity index (χ2n) is 8.23. The summed E-state index contributed by atoms with van der Waals surface area (Å²) in [6, 6.07) is 10.4. The van der Waals surface area contributed by atoms with Gasteiger partial charge in [-0.1, -0.05) is 12.6 Å². The van der Waals surface area contributed by atoms with Gasteiger partial charge in [-0.3, -0.25) is 4.98 Å². The molecule has 160 valence electrons. The standard InChI is InChI=1S/C25H30N5O/c1-15-8-9-20-22(12-15)30(6)25(28-20)27-17(3)19-13-16(2)26-21(14-19)24-18(4)29(5)11-10-23(24)31-7/h8-9,12-14H,3,10-11H2,1-2,4-7H3,(H,27,28)/q+1. The van der Waals surface area contributed by atoms with Crippen LogP contribution in [0.15, 0.2) is 42.7 Å². The number of imidazole rings is 1. The summed E-state index contributed by atoms with van der Waals surface area (Å²) in [5.41, 5.74) is 9.08. The summed E-state index contributed by atoms with van der Waals surface area (Å²) in [6.45, 7) is 11.4. The van der Waals surface area contributed by atoms with E-state index in [4.69, 9.17) is 14.7 Å². The van der Waals surface area contributed by atoms with Gasteiger partial charge in [-0.25, -0.2) is 9.56 Å². The predicted molar refractivity (Wildman–Crippen MR) is 127 cm³/mol. The van der Waals surface area contributed by atoms with Crippen molar-refractivity contribution in [2.75, 3.05) is 26.0 Å². The fraction of sp³-hybridized carbons (Fsp3) is 0.320. The van der Waals surface area contributed by atoms with Crippen molar-refractivity contribution >= 4 is 34.0 Å². The summed E-state index contributed by atoms with van der Waals surface area (Å²) in [5.74, 6) is 1.74. The van der Waals surface area contributed by atoms with Gasteiger partial charge in [-0.2, -0.15) is 0 Å². The molecule has 2 aromatic heterocycles. The summed E-state index contributed by atoms with van der Waals surface area (Å²) in [6.07, 6.45) is 0.864. The lowest BCUT2D eigenvalue weighted by atomic mass is 9.98. The van der Waals surface area contributed by atoms with Crippen LogP contribution >= 0.6 is 0 Å². The fourth-order valence-corrected chi connectivity index (χ4v) is 4.08. The highest BCUT2D eigenvalue weighted by atomic mass is 16.5. The van der Waals surface area contributed by atoms with Gasteiger partial charge in [0.2, 0.25) is 5.95 Å². The number of anilines is 1. The predicted octanol–water partition coefficient (Wildman–Crippen LogP) is 4.53. The number of methoxy groups -OCH3 is 1. The summed E-state index contributed by atoms with van der Waals surface area (Å²) < 4.78 is 10.0. The SMILES string of the molecule is C=C(Nc1nc2ccc(C)cc2n1C)c1cc(C)nc(C2=C(OC)CC[N+](C)=C2C)c1. The van der Waals surface area contributed by atoms with Gasteiger partial charge in [0.25, 0.3) is 0 Å². The van der Waals surface area contributed by atoms with E-state index in [1.807, 2.05) is 26.1 Å². The first-order valence-corrected chi connectivity index (χ1v) is 10.5. The molecule has 6 heteroatoms. The number of aryl methyl sites for hydroxylation is 3. The van der Waals surface area contributed by atoms with E-state index in [-0.39, 0.29) is 0 Å². The Hall–Kier alpha value is -3.41. The van der Waals surface area contributed by atoms with E-state index in [1.54, 1.807) is 7.11 Å². The van der Waals surface area contributed by atoms with Crippen LogP contribution in [0.4, 0.5) is 5.95 Å². The molecule has 1 aliphatic rings. The lowest BCUT2D eigenvalue weighted by molar-refractivity contribution is -0.497. The number of allylic oxidation sites excluding steroid dienone is 1. The Bertz CT molecular complexity index is 1260. The zero-order valence-electron chi connectivity index (χ0n) is 19.2. The van der Waals surface area contributed by atoms with Crippen LogP contribution in [0.1, 0.15) is 35.9 Å².